The Labute approximate surface area is 142 Å². The van der Waals surface area contributed by atoms with Crippen molar-refractivity contribution in [1.82, 2.24) is 5.43 Å². The number of unbranched alkanes of at least 4 members (excludes halogenated alkanes) is 1. The molecule has 5 heteroatoms. The molecule has 2 aromatic rings. The molecule has 0 saturated heterocycles. The molecule has 0 aromatic heterocycles. The van der Waals surface area contributed by atoms with Gasteiger partial charge < -0.3 is 9.47 Å². The topological polar surface area (TPSA) is 59.9 Å². The third-order valence-electron chi connectivity index (χ3n) is 3.36. The number of rotatable bonds is 8. The lowest BCUT2D eigenvalue weighted by molar-refractivity contribution is 0.0955. The molecule has 1 amide bonds. The zero-order valence-electron chi connectivity index (χ0n) is 14.0. The van der Waals surface area contributed by atoms with E-state index in [9.17, 15) is 4.79 Å². The van der Waals surface area contributed by atoms with Crippen molar-refractivity contribution in [2.75, 3.05) is 13.7 Å². The molecule has 126 valence electrons. The van der Waals surface area contributed by atoms with Crippen LogP contribution < -0.4 is 14.9 Å². The lowest BCUT2D eigenvalue weighted by Gasteiger charge is -2.06. The van der Waals surface area contributed by atoms with Crippen LogP contribution in [-0.2, 0) is 0 Å². The monoisotopic (exact) mass is 326 g/mol. The number of carbonyl (C=O) groups excluding carboxylic acids is 1. The molecule has 0 spiro atoms. The van der Waals surface area contributed by atoms with Crippen LogP contribution in [0.3, 0.4) is 0 Å². The lowest BCUT2D eigenvalue weighted by atomic mass is 10.2. The summed E-state index contributed by atoms with van der Waals surface area (Å²) >= 11 is 0. The number of hydrazone groups is 1. The highest BCUT2D eigenvalue weighted by molar-refractivity contribution is 5.95. The van der Waals surface area contributed by atoms with E-state index in [-0.39, 0.29) is 5.91 Å². The van der Waals surface area contributed by atoms with Crippen molar-refractivity contribution in [3.63, 3.8) is 0 Å². The van der Waals surface area contributed by atoms with E-state index in [1.165, 1.54) is 0 Å². The summed E-state index contributed by atoms with van der Waals surface area (Å²) in [6.07, 6.45) is 3.68. The molecule has 2 aromatic carbocycles. The molecule has 0 unspecified atom stereocenters. The molecule has 5 nitrogen and oxygen atoms in total. The number of benzene rings is 2. The number of methoxy groups -OCH3 is 1. The molecule has 0 radical (unpaired) electrons. The van der Waals surface area contributed by atoms with E-state index in [2.05, 4.69) is 17.5 Å². The summed E-state index contributed by atoms with van der Waals surface area (Å²) in [6.45, 7) is 2.80. The van der Waals surface area contributed by atoms with Crippen molar-refractivity contribution >= 4 is 12.1 Å². The Balaban J connectivity index is 1.88. The SMILES string of the molecule is CCCCOc1ccc(C(=O)N/N=C\c2cccc(OC)c2)cc1. The first-order chi connectivity index (χ1) is 11.7. The van der Waals surface area contributed by atoms with Gasteiger partial charge in [-0.15, -0.1) is 0 Å². The highest BCUT2D eigenvalue weighted by Crippen LogP contribution is 2.13. The largest absolute Gasteiger partial charge is 0.497 e. The van der Waals surface area contributed by atoms with Gasteiger partial charge >= 0.3 is 0 Å². The molecule has 0 aliphatic heterocycles. The highest BCUT2D eigenvalue weighted by atomic mass is 16.5. The molecule has 0 bridgehead atoms. The van der Waals surface area contributed by atoms with Gasteiger partial charge in [0.15, 0.2) is 0 Å². The van der Waals surface area contributed by atoms with E-state index in [0.717, 1.165) is 29.9 Å². The van der Waals surface area contributed by atoms with E-state index in [0.29, 0.717) is 12.2 Å². The van der Waals surface area contributed by atoms with Crippen molar-refractivity contribution in [2.24, 2.45) is 5.10 Å². The number of carbonyl (C=O) groups is 1. The minimum absolute atomic E-state index is 0.269. The van der Waals surface area contributed by atoms with Crippen LogP contribution in [0.4, 0.5) is 0 Å². The summed E-state index contributed by atoms with van der Waals surface area (Å²) in [7, 11) is 1.60. The Morgan fingerprint density at radius 2 is 1.96 bits per heavy atom. The van der Waals surface area contributed by atoms with E-state index >= 15 is 0 Å². The number of amides is 1. The van der Waals surface area contributed by atoms with Crippen LogP contribution in [0.15, 0.2) is 53.6 Å². The second-order valence-corrected chi connectivity index (χ2v) is 5.20. The average molecular weight is 326 g/mol. The Hall–Kier alpha value is -2.82. The van der Waals surface area contributed by atoms with Gasteiger partial charge in [-0.2, -0.15) is 5.10 Å². The van der Waals surface area contributed by atoms with Crippen LogP contribution in [0.25, 0.3) is 0 Å². The van der Waals surface area contributed by atoms with Crippen LogP contribution in [0.2, 0.25) is 0 Å². The number of nitrogens with one attached hydrogen (secondary N) is 1. The van der Waals surface area contributed by atoms with Gasteiger partial charge in [0.2, 0.25) is 0 Å². The molecule has 0 heterocycles. The third kappa shape index (κ3) is 5.43. The van der Waals surface area contributed by atoms with Gasteiger partial charge in [-0.25, -0.2) is 5.43 Å². The van der Waals surface area contributed by atoms with Gasteiger partial charge in [0.1, 0.15) is 11.5 Å². The number of ether oxygens (including phenoxy) is 2. The van der Waals surface area contributed by atoms with Crippen molar-refractivity contribution in [1.29, 1.82) is 0 Å². The van der Waals surface area contributed by atoms with Crippen molar-refractivity contribution in [3.8, 4) is 11.5 Å². The fraction of sp³-hybridized carbons (Fsp3) is 0.263. The summed E-state index contributed by atoms with van der Waals surface area (Å²) in [5.41, 5.74) is 3.88. The lowest BCUT2D eigenvalue weighted by Crippen LogP contribution is -2.17. The Kier molecular flexibility index (Phi) is 6.83. The van der Waals surface area contributed by atoms with Gasteiger partial charge in [-0.1, -0.05) is 25.5 Å². The minimum Gasteiger partial charge on any atom is -0.497 e. The zero-order valence-corrected chi connectivity index (χ0v) is 14.0. The molecule has 1 N–H and O–H groups in total. The van der Waals surface area contributed by atoms with E-state index in [1.807, 2.05) is 24.3 Å². The van der Waals surface area contributed by atoms with Crippen LogP contribution >= 0.6 is 0 Å². The van der Waals surface area contributed by atoms with Gasteiger partial charge in [-0.05, 0) is 48.4 Å². The van der Waals surface area contributed by atoms with E-state index in [1.54, 1.807) is 37.6 Å². The molecule has 0 aliphatic carbocycles. The van der Waals surface area contributed by atoms with Crippen LogP contribution in [-0.4, -0.2) is 25.8 Å². The van der Waals surface area contributed by atoms with Crippen molar-refractivity contribution in [3.05, 3.63) is 59.7 Å². The second kappa shape index (κ2) is 9.35. The predicted molar refractivity (Wildman–Crippen MR) is 94.9 cm³/mol. The number of hydrogen-bond donors (Lipinski definition) is 1. The van der Waals surface area contributed by atoms with Crippen molar-refractivity contribution in [2.45, 2.75) is 19.8 Å². The first kappa shape index (κ1) is 17.5. The quantitative estimate of drug-likeness (QED) is 0.458. The Bertz CT molecular complexity index is 681. The van der Waals surface area contributed by atoms with Crippen LogP contribution in [0.1, 0.15) is 35.7 Å². The molecular formula is C19H22N2O3. The van der Waals surface area contributed by atoms with Crippen LogP contribution in [0, 0.1) is 0 Å². The van der Waals surface area contributed by atoms with Crippen molar-refractivity contribution < 1.29 is 14.3 Å². The second-order valence-electron chi connectivity index (χ2n) is 5.20. The first-order valence-corrected chi connectivity index (χ1v) is 7.93. The fourth-order valence-corrected chi connectivity index (χ4v) is 1.99. The molecule has 0 aliphatic rings. The zero-order chi connectivity index (χ0) is 17.2. The van der Waals surface area contributed by atoms with Gasteiger partial charge in [0.25, 0.3) is 5.91 Å². The standard InChI is InChI=1S/C19H22N2O3/c1-3-4-12-24-17-10-8-16(9-11-17)19(22)21-20-14-15-6-5-7-18(13-15)23-2/h5-11,13-14H,3-4,12H2,1-2H3,(H,21,22)/b20-14-. The summed E-state index contributed by atoms with van der Waals surface area (Å²) in [4.78, 5) is 12.0. The predicted octanol–water partition coefficient (Wildman–Crippen LogP) is 3.64. The number of hydrogen-bond acceptors (Lipinski definition) is 4. The smallest absolute Gasteiger partial charge is 0.271 e. The van der Waals surface area contributed by atoms with E-state index < -0.39 is 0 Å². The molecular weight excluding hydrogens is 304 g/mol. The summed E-state index contributed by atoms with van der Waals surface area (Å²) < 4.78 is 10.7. The summed E-state index contributed by atoms with van der Waals surface area (Å²) in [6, 6.07) is 14.4. The maximum atomic E-state index is 12.0. The molecule has 0 fully saturated rings. The Morgan fingerprint density at radius 3 is 2.67 bits per heavy atom. The normalized spacial score (nSPS) is 10.6. The maximum absolute atomic E-state index is 12.0. The average Bonchev–Trinajstić information content (AvgIpc) is 2.62. The third-order valence-corrected chi connectivity index (χ3v) is 3.36. The van der Waals surface area contributed by atoms with Crippen LogP contribution in [0.5, 0.6) is 11.5 Å². The Morgan fingerprint density at radius 1 is 1.17 bits per heavy atom. The first-order valence-electron chi connectivity index (χ1n) is 7.93. The van der Waals surface area contributed by atoms with Gasteiger partial charge in [0.05, 0.1) is 19.9 Å². The molecule has 0 atom stereocenters. The molecule has 24 heavy (non-hydrogen) atoms. The fourth-order valence-electron chi connectivity index (χ4n) is 1.99. The molecule has 2 rings (SSSR count). The van der Waals surface area contributed by atoms with E-state index in [4.69, 9.17) is 9.47 Å². The highest BCUT2D eigenvalue weighted by Gasteiger charge is 2.04. The maximum Gasteiger partial charge on any atom is 0.271 e. The summed E-state index contributed by atoms with van der Waals surface area (Å²) in [5, 5.41) is 3.97. The summed E-state index contributed by atoms with van der Waals surface area (Å²) in [5.74, 6) is 1.23. The number of nitrogens with zero attached hydrogens (tertiary/aromatic N) is 1. The molecule has 0 saturated carbocycles. The van der Waals surface area contributed by atoms with Gasteiger partial charge in [0, 0.05) is 5.56 Å². The minimum atomic E-state index is -0.269. The van der Waals surface area contributed by atoms with Gasteiger partial charge in [-0.3, -0.25) is 4.79 Å².